The molecule has 1 aromatic heterocycles. The molecule has 4 aromatic rings. The third kappa shape index (κ3) is 11.9. The lowest BCUT2D eigenvalue weighted by atomic mass is 9.80. The molecule has 0 radical (unpaired) electrons. The second kappa shape index (κ2) is 21.3. The Balaban J connectivity index is 1.25. The Morgan fingerprint density at radius 1 is 0.867 bits per heavy atom. The summed E-state index contributed by atoms with van der Waals surface area (Å²) in [4.78, 5) is 51.7. The number of esters is 1. The number of aliphatic hydroxyl groups is 1. The van der Waals surface area contributed by atoms with Crippen LogP contribution in [0.2, 0.25) is 0 Å². The quantitative estimate of drug-likeness (QED) is 0.0527. The monoisotopic (exact) mass is 830 g/mol. The van der Waals surface area contributed by atoms with E-state index in [1.54, 1.807) is 35.0 Å². The molecule has 5 rings (SSSR count). The molecule has 324 valence electrons. The topological polar surface area (TPSA) is 203 Å². The second-order valence-electron chi connectivity index (χ2n) is 15.7. The molecule has 1 saturated heterocycles. The number of methoxy groups -OCH3 is 2. The number of aromatic amines is 1. The predicted octanol–water partition coefficient (Wildman–Crippen LogP) is 4.33. The van der Waals surface area contributed by atoms with E-state index in [4.69, 9.17) is 34.2 Å². The maximum absolute atomic E-state index is 13.0. The number of H-pyrrole nitrogens is 1. The van der Waals surface area contributed by atoms with E-state index in [1.165, 1.54) is 16.8 Å². The highest BCUT2D eigenvalue weighted by atomic mass is 16.6. The fourth-order valence-electron chi connectivity index (χ4n) is 7.11. The minimum Gasteiger partial charge on any atom is -0.497 e. The van der Waals surface area contributed by atoms with Gasteiger partial charge in [-0.15, -0.1) is 0 Å². The van der Waals surface area contributed by atoms with Crippen LogP contribution in [0, 0.1) is 0 Å². The van der Waals surface area contributed by atoms with E-state index >= 15 is 0 Å². The molecule has 60 heavy (non-hydrogen) atoms. The van der Waals surface area contributed by atoms with Gasteiger partial charge in [0.15, 0.2) is 6.23 Å². The van der Waals surface area contributed by atoms with Crippen molar-refractivity contribution in [3.05, 3.63) is 129 Å². The van der Waals surface area contributed by atoms with Gasteiger partial charge in [-0.2, -0.15) is 0 Å². The Labute approximate surface area is 350 Å². The third-order valence-electron chi connectivity index (χ3n) is 10.2. The minimum atomic E-state index is -1.23. The predicted molar refractivity (Wildman–Crippen MR) is 224 cm³/mol. The van der Waals surface area contributed by atoms with Crippen molar-refractivity contribution >= 4 is 11.9 Å². The molecule has 5 atom stereocenters. The van der Waals surface area contributed by atoms with Gasteiger partial charge in [0, 0.05) is 31.8 Å². The smallest absolute Gasteiger partial charge is 0.330 e. The lowest BCUT2D eigenvalue weighted by Crippen LogP contribution is -2.41. The fourth-order valence-corrected chi connectivity index (χ4v) is 7.11. The van der Waals surface area contributed by atoms with Crippen molar-refractivity contribution < 1.29 is 43.1 Å². The van der Waals surface area contributed by atoms with Gasteiger partial charge in [0.2, 0.25) is 5.91 Å². The van der Waals surface area contributed by atoms with Gasteiger partial charge in [0.05, 0.1) is 26.9 Å². The van der Waals surface area contributed by atoms with E-state index in [0.717, 1.165) is 29.5 Å². The maximum Gasteiger partial charge on any atom is 0.330 e. The van der Waals surface area contributed by atoms with Crippen LogP contribution in [-0.2, 0) is 34.1 Å². The largest absolute Gasteiger partial charge is 0.497 e. The molecular weight excluding hydrogens is 773 g/mol. The van der Waals surface area contributed by atoms with E-state index in [0.29, 0.717) is 30.9 Å². The van der Waals surface area contributed by atoms with Crippen LogP contribution in [0.5, 0.6) is 11.5 Å². The van der Waals surface area contributed by atoms with Crippen molar-refractivity contribution in [2.75, 3.05) is 34.0 Å². The van der Waals surface area contributed by atoms with Gasteiger partial charge in [-0.25, -0.2) is 4.79 Å². The molecule has 1 aliphatic heterocycles. The Hall–Kier alpha value is -5.32. The number of amides is 1. The van der Waals surface area contributed by atoms with E-state index < -0.39 is 59.0 Å². The van der Waals surface area contributed by atoms with Gasteiger partial charge in [-0.05, 0) is 81.0 Å². The van der Waals surface area contributed by atoms with Crippen molar-refractivity contribution in [1.82, 2.24) is 14.9 Å². The highest BCUT2D eigenvalue weighted by Crippen LogP contribution is 2.43. The molecule has 0 saturated carbocycles. The fraction of sp³-hybridized carbons (Fsp3) is 0.467. The number of aliphatic hydroxyl groups excluding tert-OH is 1. The number of carbonyl (C=O) groups excluding carboxylic acids is 2. The number of hydrogen-bond acceptors (Lipinski definition) is 12. The number of rotatable bonds is 21. The maximum atomic E-state index is 13.0. The molecular formula is C45H58N4O11. The van der Waals surface area contributed by atoms with Gasteiger partial charge < -0.3 is 44.6 Å². The summed E-state index contributed by atoms with van der Waals surface area (Å²) in [6, 6.07) is 25.2. The van der Waals surface area contributed by atoms with Crippen molar-refractivity contribution in [2.24, 2.45) is 5.73 Å². The molecule has 2 heterocycles. The van der Waals surface area contributed by atoms with E-state index in [1.807, 2.05) is 78.9 Å². The Bertz CT molecular complexity index is 2030. The zero-order valence-corrected chi connectivity index (χ0v) is 35.0. The highest BCUT2D eigenvalue weighted by Gasteiger charge is 2.48. The van der Waals surface area contributed by atoms with Gasteiger partial charge in [-0.1, -0.05) is 67.4 Å². The molecule has 15 nitrogen and oxygen atoms in total. The van der Waals surface area contributed by atoms with Crippen LogP contribution in [0.3, 0.4) is 0 Å². The zero-order chi connectivity index (χ0) is 43.3. The van der Waals surface area contributed by atoms with Crippen LogP contribution < -0.4 is 31.8 Å². The summed E-state index contributed by atoms with van der Waals surface area (Å²) in [5.41, 5.74) is 5.28. The van der Waals surface area contributed by atoms with Crippen molar-refractivity contribution in [1.29, 1.82) is 0 Å². The van der Waals surface area contributed by atoms with Gasteiger partial charge in [0.1, 0.15) is 41.0 Å². The van der Waals surface area contributed by atoms with Gasteiger partial charge in [-0.3, -0.25) is 23.9 Å². The molecule has 15 heteroatoms. The molecule has 1 aliphatic rings. The van der Waals surface area contributed by atoms with Crippen LogP contribution >= 0.6 is 0 Å². The number of benzene rings is 3. The number of nitrogens with zero attached hydrogens (tertiary/aromatic N) is 1. The number of unbranched alkanes of at least 4 members (excludes halogenated alkanes) is 3. The first-order valence-electron chi connectivity index (χ1n) is 20.3. The number of nitrogens with two attached hydrogens (primary N) is 1. The summed E-state index contributed by atoms with van der Waals surface area (Å²) in [7, 11) is 3.20. The first kappa shape index (κ1) is 45.8. The minimum absolute atomic E-state index is 0.0555. The third-order valence-corrected chi connectivity index (χ3v) is 10.2. The van der Waals surface area contributed by atoms with Crippen LogP contribution in [-0.4, -0.2) is 90.5 Å². The first-order chi connectivity index (χ1) is 28.7. The molecule has 1 amide bonds. The summed E-state index contributed by atoms with van der Waals surface area (Å²) >= 11 is 0. The van der Waals surface area contributed by atoms with Crippen LogP contribution in [0.4, 0.5) is 0 Å². The van der Waals surface area contributed by atoms with Crippen LogP contribution in [0.15, 0.2) is 101 Å². The summed E-state index contributed by atoms with van der Waals surface area (Å²) in [6.45, 7) is 5.87. The van der Waals surface area contributed by atoms with Crippen LogP contribution in [0.25, 0.3) is 0 Å². The summed E-state index contributed by atoms with van der Waals surface area (Å²) in [5, 5.41) is 14.7. The number of nitrogens with one attached hydrogen (secondary N) is 2. The van der Waals surface area contributed by atoms with Gasteiger partial charge >= 0.3 is 11.7 Å². The summed E-state index contributed by atoms with van der Waals surface area (Å²) in [5.74, 6) is 0.609. The Morgan fingerprint density at radius 3 is 2.05 bits per heavy atom. The number of carbonyl (C=O) groups is 2. The zero-order valence-electron chi connectivity index (χ0n) is 35.0. The average Bonchev–Trinajstić information content (AvgIpc) is 3.54. The Morgan fingerprint density at radius 2 is 1.47 bits per heavy atom. The molecule has 1 fully saturated rings. The lowest BCUT2D eigenvalue weighted by molar-refractivity contribution is -0.155. The van der Waals surface area contributed by atoms with E-state index in [-0.39, 0.29) is 32.0 Å². The summed E-state index contributed by atoms with van der Waals surface area (Å²) < 4.78 is 37.1. The molecule has 0 spiro atoms. The van der Waals surface area contributed by atoms with E-state index in [9.17, 15) is 24.3 Å². The van der Waals surface area contributed by atoms with Crippen molar-refractivity contribution in [2.45, 2.75) is 101 Å². The molecule has 5 N–H and O–H groups in total. The van der Waals surface area contributed by atoms with Crippen molar-refractivity contribution in [3.8, 4) is 11.5 Å². The summed E-state index contributed by atoms with van der Waals surface area (Å²) in [6.07, 6.45) is 0.138. The normalized spacial score (nSPS) is 18.4. The molecule has 3 aromatic carbocycles. The number of aromatic nitrogens is 2. The van der Waals surface area contributed by atoms with Crippen LogP contribution in [0.1, 0.15) is 82.2 Å². The number of hydrogen-bond donors (Lipinski definition) is 4. The van der Waals surface area contributed by atoms with E-state index in [2.05, 4.69) is 10.3 Å². The highest BCUT2D eigenvalue weighted by molar-refractivity contribution is 5.82. The standard InChI is InChI=1S/C45H58N4O11/c1-44(2,3)60-38(51)24-23-35(46)41(53)47-26-11-6-7-12-28-57-40-39(52)36(59-42(40)49-27-25-37(50)48-43(49)54)29-58-45(30-13-9-8-10-14-30,31-15-19-33(55-4)20-16-31)32-17-21-34(56-5)22-18-32/h8-10,13-22,25,27,35-36,39-40,42,52H,6-7,11-12,23-24,26,28-29,46H2,1-5H3,(H,47,53)(H,48,50,54)/t35-,36+,39+,40+,42+/m0/s1. The molecule has 0 unspecified atom stereocenters. The molecule has 0 aliphatic carbocycles. The Kier molecular flexibility index (Phi) is 16.2. The SMILES string of the molecule is COc1ccc(C(OC[C@H]2O[C@@H](n3ccc(=O)[nH]c3=O)[C@H](OCCCCCCNC(=O)[C@@H](N)CCC(=O)OC(C)(C)C)[C@@H]2O)(c2ccccc2)c2ccc(OC)cc2)cc1. The lowest BCUT2D eigenvalue weighted by Gasteiger charge is -2.37. The van der Waals surface area contributed by atoms with Crippen molar-refractivity contribution in [3.63, 3.8) is 0 Å². The first-order valence-corrected chi connectivity index (χ1v) is 20.3. The van der Waals surface area contributed by atoms with Gasteiger partial charge in [0.25, 0.3) is 5.56 Å². The average molecular weight is 831 g/mol. The molecule has 0 bridgehead atoms. The second-order valence-corrected chi connectivity index (χ2v) is 15.7. The number of ether oxygens (including phenoxy) is 6.